The Morgan fingerprint density at radius 3 is 2.77 bits per heavy atom. The van der Waals surface area contributed by atoms with Crippen LogP contribution in [0.4, 0.5) is 5.82 Å². The highest BCUT2D eigenvalue weighted by Crippen LogP contribution is 2.29. The molecule has 6 heteroatoms. The molecule has 0 aromatic carbocycles. The second kappa shape index (κ2) is 6.87. The molecule has 0 unspecified atom stereocenters. The molecule has 2 aromatic heterocycles. The van der Waals surface area contributed by atoms with Gasteiger partial charge in [0.25, 0.3) is 0 Å². The number of hydrogen-bond donors (Lipinski definition) is 0. The van der Waals surface area contributed by atoms with Crippen LogP contribution in [0.5, 0.6) is 0 Å². The van der Waals surface area contributed by atoms with Crippen LogP contribution in [0.1, 0.15) is 37.2 Å². The molecular weight excluding hydrogens is 278 g/mol. The van der Waals surface area contributed by atoms with Crippen molar-refractivity contribution in [3.8, 4) is 0 Å². The van der Waals surface area contributed by atoms with Gasteiger partial charge in [0.1, 0.15) is 12.4 Å². The summed E-state index contributed by atoms with van der Waals surface area (Å²) in [5, 5.41) is 4.39. The van der Waals surface area contributed by atoms with Crippen molar-refractivity contribution in [2.24, 2.45) is 0 Å². The monoisotopic (exact) mass is 301 g/mol. The number of ether oxygens (including phenoxy) is 1. The fourth-order valence-electron chi connectivity index (χ4n) is 3.12. The number of piperidine rings is 1. The Bertz CT molecular complexity index is 604. The van der Waals surface area contributed by atoms with Crippen molar-refractivity contribution in [1.82, 2.24) is 19.7 Å². The molecule has 1 fully saturated rings. The summed E-state index contributed by atoms with van der Waals surface area (Å²) in [5.41, 5.74) is 1.37. The molecule has 0 saturated carbocycles. The summed E-state index contributed by atoms with van der Waals surface area (Å²) in [7, 11) is 1.67. The van der Waals surface area contributed by atoms with Gasteiger partial charge in [-0.2, -0.15) is 5.10 Å². The van der Waals surface area contributed by atoms with E-state index in [9.17, 15) is 0 Å². The van der Waals surface area contributed by atoms with Crippen LogP contribution < -0.4 is 4.90 Å². The summed E-state index contributed by atoms with van der Waals surface area (Å²) in [4.78, 5) is 11.1. The Morgan fingerprint density at radius 2 is 2.05 bits per heavy atom. The van der Waals surface area contributed by atoms with Gasteiger partial charge in [0.15, 0.2) is 5.82 Å². The lowest BCUT2D eigenvalue weighted by Gasteiger charge is -2.33. The molecule has 2 aromatic rings. The van der Waals surface area contributed by atoms with E-state index in [2.05, 4.69) is 37.6 Å². The van der Waals surface area contributed by atoms with Gasteiger partial charge in [0.05, 0.1) is 0 Å². The lowest BCUT2D eigenvalue weighted by Crippen LogP contribution is -2.34. The maximum absolute atomic E-state index is 5.11. The molecular formula is C16H23N5O. The zero-order chi connectivity index (χ0) is 15.4. The highest BCUT2D eigenvalue weighted by Gasteiger charge is 2.23. The number of aromatic nitrogens is 4. The first-order valence-electron chi connectivity index (χ1n) is 7.89. The minimum Gasteiger partial charge on any atom is -0.377 e. The van der Waals surface area contributed by atoms with Crippen LogP contribution >= 0.6 is 0 Å². The highest BCUT2D eigenvalue weighted by atomic mass is 16.5. The van der Waals surface area contributed by atoms with Crippen LogP contribution in [0.2, 0.25) is 0 Å². The summed E-state index contributed by atoms with van der Waals surface area (Å²) < 4.78 is 7.22. The van der Waals surface area contributed by atoms with Gasteiger partial charge >= 0.3 is 0 Å². The topological polar surface area (TPSA) is 56.1 Å². The third kappa shape index (κ3) is 3.11. The third-order valence-electron chi connectivity index (χ3n) is 4.25. The van der Waals surface area contributed by atoms with Crippen LogP contribution in [0.3, 0.4) is 0 Å². The lowest BCUT2D eigenvalue weighted by atomic mass is 9.93. The molecule has 3 heterocycles. The summed E-state index contributed by atoms with van der Waals surface area (Å²) in [6, 6.07) is 4.14. The van der Waals surface area contributed by atoms with Gasteiger partial charge < -0.3 is 9.64 Å². The number of nitrogens with zero attached hydrogens (tertiary/aromatic N) is 5. The standard InChI is InChI=1S/C16H23N5O/c1-3-21-14(4-9-18-21)13-6-10-20(11-7-13)16-5-8-17-15(19-16)12-22-2/h4-5,8-9,13H,3,6-7,10-12H2,1-2H3. The summed E-state index contributed by atoms with van der Waals surface area (Å²) in [5.74, 6) is 2.34. The Balaban J connectivity index is 1.65. The van der Waals surface area contributed by atoms with Crippen molar-refractivity contribution in [3.63, 3.8) is 0 Å². The molecule has 0 amide bonds. The first kappa shape index (κ1) is 15.0. The molecule has 0 bridgehead atoms. The molecule has 1 saturated heterocycles. The predicted octanol–water partition coefficient (Wildman–Crippen LogP) is 2.22. The van der Waals surface area contributed by atoms with E-state index in [-0.39, 0.29) is 0 Å². The van der Waals surface area contributed by atoms with Crippen molar-refractivity contribution in [3.05, 3.63) is 36.0 Å². The molecule has 0 aliphatic carbocycles. The van der Waals surface area contributed by atoms with Gasteiger partial charge in [-0.05, 0) is 31.9 Å². The summed E-state index contributed by atoms with van der Waals surface area (Å²) in [6.07, 6.45) is 5.99. The van der Waals surface area contributed by atoms with E-state index in [4.69, 9.17) is 4.74 Å². The number of anilines is 1. The molecule has 3 rings (SSSR count). The highest BCUT2D eigenvalue weighted by molar-refractivity contribution is 5.38. The minimum absolute atomic E-state index is 0.458. The fourth-order valence-corrected chi connectivity index (χ4v) is 3.12. The van der Waals surface area contributed by atoms with E-state index in [0.29, 0.717) is 12.5 Å². The van der Waals surface area contributed by atoms with Crippen molar-refractivity contribution in [2.45, 2.75) is 38.8 Å². The van der Waals surface area contributed by atoms with Gasteiger partial charge in [-0.3, -0.25) is 4.68 Å². The van der Waals surface area contributed by atoms with Crippen LogP contribution in [-0.2, 0) is 17.9 Å². The number of rotatable bonds is 5. The Morgan fingerprint density at radius 1 is 1.23 bits per heavy atom. The third-order valence-corrected chi connectivity index (χ3v) is 4.25. The van der Waals surface area contributed by atoms with E-state index >= 15 is 0 Å². The average Bonchev–Trinajstić information content (AvgIpc) is 3.04. The minimum atomic E-state index is 0.458. The second-order valence-corrected chi connectivity index (χ2v) is 5.60. The fraction of sp³-hybridized carbons (Fsp3) is 0.562. The van der Waals surface area contributed by atoms with Crippen molar-refractivity contribution in [1.29, 1.82) is 0 Å². The molecule has 118 valence electrons. The molecule has 1 aliphatic rings. The van der Waals surface area contributed by atoms with Gasteiger partial charge in [-0.1, -0.05) is 0 Å². The molecule has 1 aliphatic heterocycles. The maximum atomic E-state index is 5.11. The predicted molar refractivity (Wildman–Crippen MR) is 84.8 cm³/mol. The Hall–Kier alpha value is -1.95. The van der Waals surface area contributed by atoms with Crippen molar-refractivity contribution < 1.29 is 4.74 Å². The molecule has 0 spiro atoms. The van der Waals surface area contributed by atoms with Crippen LogP contribution in [-0.4, -0.2) is 39.9 Å². The van der Waals surface area contributed by atoms with E-state index < -0.39 is 0 Å². The zero-order valence-corrected chi connectivity index (χ0v) is 13.3. The quantitative estimate of drug-likeness (QED) is 0.847. The molecule has 6 nitrogen and oxygen atoms in total. The lowest BCUT2D eigenvalue weighted by molar-refractivity contribution is 0.178. The first-order valence-corrected chi connectivity index (χ1v) is 7.89. The SMILES string of the molecule is CCn1nccc1C1CCN(c2ccnc(COC)n2)CC1. The van der Waals surface area contributed by atoms with Crippen molar-refractivity contribution >= 4 is 5.82 Å². The molecule has 0 N–H and O–H groups in total. The van der Waals surface area contributed by atoms with E-state index in [1.54, 1.807) is 7.11 Å². The number of hydrogen-bond acceptors (Lipinski definition) is 5. The average molecular weight is 301 g/mol. The number of methoxy groups -OCH3 is 1. The molecule has 0 atom stereocenters. The molecule has 0 radical (unpaired) electrons. The van der Waals surface area contributed by atoms with Crippen LogP contribution in [0, 0.1) is 0 Å². The Labute approximate surface area is 131 Å². The molecule has 22 heavy (non-hydrogen) atoms. The van der Waals surface area contributed by atoms with Crippen molar-refractivity contribution in [2.75, 3.05) is 25.1 Å². The van der Waals surface area contributed by atoms with Gasteiger partial charge in [-0.15, -0.1) is 0 Å². The number of aryl methyl sites for hydroxylation is 1. The van der Waals surface area contributed by atoms with Crippen LogP contribution in [0.25, 0.3) is 0 Å². The largest absolute Gasteiger partial charge is 0.377 e. The smallest absolute Gasteiger partial charge is 0.156 e. The normalized spacial score (nSPS) is 16.2. The maximum Gasteiger partial charge on any atom is 0.156 e. The van der Waals surface area contributed by atoms with Gasteiger partial charge in [0, 0.05) is 50.7 Å². The summed E-state index contributed by atoms with van der Waals surface area (Å²) in [6.45, 7) is 5.57. The second-order valence-electron chi connectivity index (χ2n) is 5.60. The van der Waals surface area contributed by atoms with Crippen LogP contribution in [0.15, 0.2) is 24.5 Å². The zero-order valence-electron chi connectivity index (χ0n) is 13.3. The Kier molecular flexibility index (Phi) is 4.68. The van der Waals surface area contributed by atoms with Gasteiger partial charge in [0.2, 0.25) is 0 Å². The van der Waals surface area contributed by atoms with E-state index in [1.807, 2.05) is 18.5 Å². The summed E-state index contributed by atoms with van der Waals surface area (Å²) >= 11 is 0. The van der Waals surface area contributed by atoms with E-state index in [0.717, 1.165) is 44.1 Å². The van der Waals surface area contributed by atoms with E-state index in [1.165, 1.54) is 5.69 Å². The first-order chi connectivity index (χ1) is 10.8. The van der Waals surface area contributed by atoms with Gasteiger partial charge in [-0.25, -0.2) is 9.97 Å².